The number of hydrogen-bond donors (Lipinski definition) is 6. The van der Waals surface area contributed by atoms with Crippen LogP contribution in [0, 0.1) is 0 Å². The largest absolute Gasteiger partial charge is 0.480 e. The molecule has 3 amide bonds. The SMILES string of the molecule is NCCCC[C@H](NC(=O)[C@H](CC(N)=O)NC(=O)[C@@H](N)Cc1ccccc1)C(=O)O. The molecule has 0 saturated carbocycles. The van der Waals surface area contributed by atoms with Crippen LogP contribution in [-0.2, 0) is 25.6 Å². The molecule has 10 nitrogen and oxygen atoms in total. The Morgan fingerprint density at radius 1 is 0.966 bits per heavy atom. The number of rotatable bonds is 13. The molecule has 1 rings (SSSR count). The lowest BCUT2D eigenvalue weighted by molar-refractivity contribution is -0.142. The summed E-state index contributed by atoms with van der Waals surface area (Å²) in [6.45, 7) is 0.403. The molecule has 0 bridgehead atoms. The van der Waals surface area contributed by atoms with Gasteiger partial charge in [0.05, 0.1) is 12.5 Å². The monoisotopic (exact) mass is 407 g/mol. The molecule has 1 aromatic carbocycles. The number of unbranched alkanes of at least 4 members (excludes halogenated alkanes) is 1. The van der Waals surface area contributed by atoms with Crippen molar-refractivity contribution in [3.63, 3.8) is 0 Å². The lowest BCUT2D eigenvalue weighted by atomic mass is 10.0. The van der Waals surface area contributed by atoms with E-state index < -0.39 is 48.2 Å². The van der Waals surface area contributed by atoms with Crippen molar-refractivity contribution in [2.75, 3.05) is 6.54 Å². The summed E-state index contributed by atoms with van der Waals surface area (Å²) in [6, 6.07) is 5.60. The Kier molecular flexibility index (Phi) is 10.3. The number of nitrogens with one attached hydrogen (secondary N) is 2. The zero-order chi connectivity index (χ0) is 21.8. The fourth-order valence-corrected chi connectivity index (χ4v) is 2.67. The summed E-state index contributed by atoms with van der Waals surface area (Å²) in [6.07, 6.45) is 1.03. The second-order valence-corrected chi connectivity index (χ2v) is 6.71. The van der Waals surface area contributed by atoms with Crippen LogP contribution in [0.25, 0.3) is 0 Å². The third-order valence-electron chi connectivity index (χ3n) is 4.24. The van der Waals surface area contributed by atoms with Crippen molar-refractivity contribution in [2.45, 2.75) is 50.2 Å². The summed E-state index contributed by atoms with van der Waals surface area (Å²) >= 11 is 0. The number of carboxylic acids is 1. The number of nitrogens with two attached hydrogens (primary N) is 3. The molecule has 0 radical (unpaired) electrons. The molecule has 0 aliphatic carbocycles. The third-order valence-corrected chi connectivity index (χ3v) is 4.24. The van der Waals surface area contributed by atoms with Crippen molar-refractivity contribution in [1.82, 2.24) is 10.6 Å². The van der Waals surface area contributed by atoms with E-state index in [1.807, 2.05) is 6.07 Å². The van der Waals surface area contributed by atoms with Gasteiger partial charge >= 0.3 is 5.97 Å². The smallest absolute Gasteiger partial charge is 0.326 e. The molecular formula is C19H29N5O5. The van der Waals surface area contributed by atoms with Crippen LogP contribution in [0.1, 0.15) is 31.2 Å². The van der Waals surface area contributed by atoms with E-state index in [4.69, 9.17) is 17.2 Å². The average Bonchev–Trinajstić information content (AvgIpc) is 2.66. The van der Waals surface area contributed by atoms with Crippen LogP contribution in [0.3, 0.4) is 0 Å². The minimum absolute atomic E-state index is 0.170. The van der Waals surface area contributed by atoms with Gasteiger partial charge in [0.1, 0.15) is 12.1 Å². The standard InChI is InChI=1S/C19H29N5O5/c20-9-5-4-8-14(19(28)29)23-18(27)15(11-16(22)25)24-17(26)13(21)10-12-6-2-1-3-7-12/h1-3,6-7,13-15H,4-5,8-11,20-21H2,(H2,22,25)(H,23,27)(H,24,26)(H,28,29)/t13-,14-,15-/m0/s1. The lowest BCUT2D eigenvalue weighted by Crippen LogP contribution is -2.55. The molecule has 0 unspecified atom stereocenters. The Bertz CT molecular complexity index is 697. The predicted octanol–water partition coefficient (Wildman–Crippen LogP) is -1.38. The Labute approximate surface area is 169 Å². The van der Waals surface area contributed by atoms with Crippen molar-refractivity contribution in [1.29, 1.82) is 0 Å². The molecule has 0 aliphatic rings. The summed E-state index contributed by atoms with van der Waals surface area (Å²) in [5, 5.41) is 14.0. The van der Waals surface area contributed by atoms with E-state index in [9.17, 15) is 24.3 Å². The van der Waals surface area contributed by atoms with Crippen molar-refractivity contribution < 1.29 is 24.3 Å². The first kappa shape index (κ1) is 24.1. The molecule has 160 valence electrons. The zero-order valence-electron chi connectivity index (χ0n) is 16.2. The lowest BCUT2D eigenvalue weighted by Gasteiger charge is -2.22. The number of carbonyl (C=O) groups excluding carboxylic acids is 3. The minimum atomic E-state index is -1.32. The van der Waals surface area contributed by atoms with E-state index in [2.05, 4.69) is 10.6 Å². The predicted molar refractivity (Wildman–Crippen MR) is 106 cm³/mol. The summed E-state index contributed by atoms with van der Waals surface area (Å²) in [5.41, 5.74) is 17.3. The molecule has 0 aliphatic heterocycles. The van der Waals surface area contributed by atoms with Crippen LogP contribution < -0.4 is 27.8 Å². The molecule has 0 aromatic heterocycles. The van der Waals surface area contributed by atoms with E-state index in [-0.39, 0.29) is 12.8 Å². The van der Waals surface area contributed by atoms with E-state index in [0.29, 0.717) is 19.4 Å². The fraction of sp³-hybridized carbons (Fsp3) is 0.474. The Hall–Kier alpha value is -2.98. The van der Waals surface area contributed by atoms with Crippen LogP contribution in [0.15, 0.2) is 30.3 Å². The van der Waals surface area contributed by atoms with Gasteiger partial charge in [0.15, 0.2) is 0 Å². The molecule has 0 saturated heterocycles. The zero-order valence-corrected chi connectivity index (χ0v) is 16.2. The van der Waals surface area contributed by atoms with E-state index >= 15 is 0 Å². The van der Waals surface area contributed by atoms with Crippen LogP contribution in [0.4, 0.5) is 0 Å². The van der Waals surface area contributed by atoms with Gasteiger partial charge in [0.2, 0.25) is 17.7 Å². The highest BCUT2D eigenvalue weighted by atomic mass is 16.4. The van der Waals surface area contributed by atoms with Gasteiger partial charge < -0.3 is 32.9 Å². The fourth-order valence-electron chi connectivity index (χ4n) is 2.67. The third kappa shape index (κ3) is 9.17. The highest BCUT2D eigenvalue weighted by Gasteiger charge is 2.29. The molecule has 3 atom stereocenters. The summed E-state index contributed by atoms with van der Waals surface area (Å²) < 4.78 is 0. The topological polar surface area (TPSA) is 191 Å². The van der Waals surface area contributed by atoms with Crippen LogP contribution in [-0.4, -0.2) is 53.5 Å². The summed E-state index contributed by atoms with van der Waals surface area (Å²) in [4.78, 5) is 47.5. The quantitative estimate of drug-likeness (QED) is 0.217. The average molecular weight is 407 g/mol. The number of carboxylic acid groups (broad SMARTS) is 1. The number of hydrogen-bond acceptors (Lipinski definition) is 6. The van der Waals surface area contributed by atoms with Crippen LogP contribution in [0.2, 0.25) is 0 Å². The normalized spacial score (nSPS) is 13.7. The molecule has 29 heavy (non-hydrogen) atoms. The van der Waals surface area contributed by atoms with Crippen molar-refractivity contribution in [3.8, 4) is 0 Å². The van der Waals surface area contributed by atoms with Gasteiger partial charge in [-0.2, -0.15) is 0 Å². The number of amides is 3. The van der Waals surface area contributed by atoms with Crippen molar-refractivity contribution >= 4 is 23.7 Å². The molecule has 10 heteroatoms. The molecule has 0 heterocycles. The molecule has 0 fully saturated rings. The first-order chi connectivity index (χ1) is 13.7. The molecular weight excluding hydrogens is 378 g/mol. The number of carbonyl (C=O) groups is 4. The van der Waals surface area contributed by atoms with Crippen molar-refractivity contribution in [3.05, 3.63) is 35.9 Å². The maximum absolute atomic E-state index is 12.5. The van der Waals surface area contributed by atoms with E-state index in [0.717, 1.165) is 5.56 Å². The van der Waals surface area contributed by atoms with Gasteiger partial charge in [-0.05, 0) is 37.8 Å². The first-order valence-electron chi connectivity index (χ1n) is 9.36. The Morgan fingerprint density at radius 2 is 1.59 bits per heavy atom. The van der Waals surface area contributed by atoms with Gasteiger partial charge in [-0.3, -0.25) is 14.4 Å². The van der Waals surface area contributed by atoms with Crippen LogP contribution in [0.5, 0.6) is 0 Å². The highest BCUT2D eigenvalue weighted by molar-refractivity contribution is 5.94. The van der Waals surface area contributed by atoms with Gasteiger partial charge in [-0.25, -0.2) is 4.79 Å². The maximum Gasteiger partial charge on any atom is 0.326 e. The van der Waals surface area contributed by atoms with Crippen molar-refractivity contribution in [2.24, 2.45) is 17.2 Å². The second kappa shape index (κ2) is 12.5. The summed E-state index contributed by atoms with van der Waals surface area (Å²) in [7, 11) is 0. The van der Waals surface area contributed by atoms with E-state index in [1.54, 1.807) is 24.3 Å². The second-order valence-electron chi connectivity index (χ2n) is 6.71. The molecule has 9 N–H and O–H groups in total. The van der Waals surface area contributed by atoms with Gasteiger partial charge in [0.25, 0.3) is 0 Å². The highest BCUT2D eigenvalue weighted by Crippen LogP contribution is 2.05. The van der Waals surface area contributed by atoms with Gasteiger partial charge in [-0.15, -0.1) is 0 Å². The Morgan fingerprint density at radius 3 is 2.14 bits per heavy atom. The summed E-state index contributed by atoms with van der Waals surface area (Å²) in [5.74, 6) is -3.51. The number of aliphatic carboxylic acids is 1. The first-order valence-corrected chi connectivity index (χ1v) is 9.36. The maximum atomic E-state index is 12.5. The Balaban J connectivity index is 2.75. The number of benzene rings is 1. The molecule has 0 spiro atoms. The number of primary amides is 1. The van der Waals surface area contributed by atoms with E-state index in [1.165, 1.54) is 0 Å². The molecule has 1 aromatic rings. The van der Waals surface area contributed by atoms with Crippen LogP contribution >= 0.6 is 0 Å². The van der Waals surface area contributed by atoms with Gasteiger partial charge in [-0.1, -0.05) is 30.3 Å². The minimum Gasteiger partial charge on any atom is -0.480 e. The van der Waals surface area contributed by atoms with Gasteiger partial charge in [0, 0.05) is 0 Å².